The summed E-state index contributed by atoms with van der Waals surface area (Å²) in [7, 11) is -0.765. The topological polar surface area (TPSA) is 73.8 Å². The van der Waals surface area contributed by atoms with Crippen LogP contribution in [0.25, 0.3) is 0 Å². The number of hydrogen-bond donors (Lipinski definition) is 2. The Morgan fingerprint density at radius 2 is 2.14 bits per heavy atom. The highest BCUT2D eigenvalue weighted by Crippen LogP contribution is 2.36. The minimum absolute atomic E-state index is 0.184. The molecule has 1 aromatic rings. The number of hydrogen-bond acceptors (Lipinski definition) is 4. The molecule has 28 heavy (non-hydrogen) atoms. The molecular weight excluding hydrogens is 396 g/mol. The zero-order valence-corrected chi connectivity index (χ0v) is 18.7. The van der Waals surface area contributed by atoms with Gasteiger partial charge in [0.25, 0.3) is 0 Å². The maximum atomic E-state index is 11.3. The molecule has 0 spiro atoms. The quantitative estimate of drug-likeness (QED) is 0.378. The van der Waals surface area contributed by atoms with Crippen LogP contribution in [-0.4, -0.2) is 64.5 Å². The molecule has 0 saturated carbocycles. The molecule has 1 aliphatic heterocycles. The van der Waals surface area contributed by atoms with Crippen LogP contribution in [0.5, 0.6) is 0 Å². The van der Waals surface area contributed by atoms with Gasteiger partial charge >= 0.3 is 0 Å². The molecule has 8 heteroatoms. The van der Waals surface area contributed by atoms with Gasteiger partial charge in [0, 0.05) is 37.0 Å². The molecular formula is C20H33ClN4O2S. The minimum atomic E-state index is -2.93. The molecule has 0 aliphatic carbocycles. The number of halogens is 1. The summed E-state index contributed by atoms with van der Waals surface area (Å²) in [6, 6.07) is 8.41. The number of nitrogens with one attached hydrogen (secondary N) is 2. The van der Waals surface area contributed by atoms with Crippen molar-refractivity contribution >= 4 is 27.4 Å². The zero-order valence-electron chi connectivity index (χ0n) is 17.1. The second-order valence-electron chi connectivity index (χ2n) is 7.51. The van der Waals surface area contributed by atoms with E-state index in [1.165, 1.54) is 11.8 Å². The summed E-state index contributed by atoms with van der Waals surface area (Å²) in [5, 5.41) is 7.26. The van der Waals surface area contributed by atoms with E-state index in [-0.39, 0.29) is 5.75 Å². The summed E-state index contributed by atoms with van der Waals surface area (Å²) in [5.41, 5.74) is 1.24. The largest absolute Gasteiger partial charge is 0.357 e. The van der Waals surface area contributed by atoms with Crippen molar-refractivity contribution in [2.75, 3.05) is 45.2 Å². The fourth-order valence-electron chi connectivity index (χ4n) is 3.76. The summed E-state index contributed by atoms with van der Waals surface area (Å²) in [6.07, 6.45) is 4.12. The Morgan fingerprint density at radius 1 is 1.36 bits per heavy atom. The monoisotopic (exact) mass is 428 g/mol. The highest BCUT2D eigenvalue weighted by Gasteiger charge is 2.30. The standard InChI is InChI=1S/C20H33ClN4O2S/c1-4-22-20(23-11-7-13-28(3,26)27)24-15-17-9-6-12-25(2)19(17)16-8-5-10-18(21)14-16/h5,8,10,14,17,19H,4,6-7,9,11-13,15H2,1-3H3,(H2,22,23,24). The third-order valence-electron chi connectivity index (χ3n) is 5.01. The van der Waals surface area contributed by atoms with Crippen LogP contribution in [0.15, 0.2) is 29.3 Å². The molecule has 1 fully saturated rings. The minimum Gasteiger partial charge on any atom is -0.357 e. The predicted octanol–water partition coefficient (Wildman–Crippen LogP) is 2.71. The second-order valence-corrected chi connectivity index (χ2v) is 10.2. The molecule has 1 aromatic carbocycles. The van der Waals surface area contributed by atoms with Crippen LogP contribution in [0, 0.1) is 5.92 Å². The average Bonchev–Trinajstić information content (AvgIpc) is 2.62. The van der Waals surface area contributed by atoms with Gasteiger partial charge in [0.05, 0.1) is 5.75 Å². The molecule has 0 bridgehead atoms. The van der Waals surface area contributed by atoms with Crippen molar-refractivity contribution in [3.05, 3.63) is 34.9 Å². The fourth-order valence-corrected chi connectivity index (χ4v) is 4.63. The molecule has 158 valence electrons. The highest BCUT2D eigenvalue weighted by atomic mass is 35.5. The van der Waals surface area contributed by atoms with E-state index in [0.29, 0.717) is 31.5 Å². The van der Waals surface area contributed by atoms with E-state index >= 15 is 0 Å². The van der Waals surface area contributed by atoms with Crippen LogP contribution < -0.4 is 10.6 Å². The molecule has 1 aliphatic rings. The smallest absolute Gasteiger partial charge is 0.191 e. The third kappa shape index (κ3) is 7.60. The summed E-state index contributed by atoms with van der Waals surface area (Å²) in [6.45, 7) is 5.16. The van der Waals surface area contributed by atoms with E-state index in [9.17, 15) is 8.42 Å². The van der Waals surface area contributed by atoms with Gasteiger partial charge in [-0.05, 0) is 63.4 Å². The molecule has 0 aromatic heterocycles. The molecule has 1 heterocycles. The molecule has 0 radical (unpaired) electrons. The lowest BCUT2D eigenvalue weighted by Crippen LogP contribution is -2.40. The van der Waals surface area contributed by atoms with Crippen molar-refractivity contribution in [2.24, 2.45) is 10.9 Å². The lowest BCUT2D eigenvalue weighted by molar-refractivity contribution is 0.125. The molecule has 2 atom stereocenters. The number of benzene rings is 1. The van der Waals surface area contributed by atoms with Gasteiger partial charge in [0.1, 0.15) is 9.84 Å². The third-order valence-corrected chi connectivity index (χ3v) is 6.28. The number of aliphatic imine (C=N–C) groups is 1. The molecule has 2 rings (SSSR count). The number of likely N-dealkylation sites (tertiary alicyclic amines) is 1. The number of nitrogens with zero attached hydrogens (tertiary/aromatic N) is 2. The first-order chi connectivity index (χ1) is 13.3. The second kappa shape index (κ2) is 11.0. The maximum Gasteiger partial charge on any atom is 0.191 e. The van der Waals surface area contributed by atoms with Gasteiger partial charge in [-0.3, -0.25) is 9.89 Å². The van der Waals surface area contributed by atoms with E-state index in [1.54, 1.807) is 0 Å². The van der Waals surface area contributed by atoms with Crippen LogP contribution >= 0.6 is 11.6 Å². The van der Waals surface area contributed by atoms with Gasteiger partial charge in [-0.25, -0.2) is 8.42 Å². The van der Waals surface area contributed by atoms with Gasteiger partial charge in [-0.1, -0.05) is 23.7 Å². The number of piperidine rings is 1. The van der Waals surface area contributed by atoms with Crippen molar-refractivity contribution < 1.29 is 8.42 Å². The normalized spacial score (nSPS) is 21.5. The van der Waals surface area contributed by atoms with Crippen molar-refractivity contribution in [2.45, 2.75) is 32.2 Å². The van der Waals surface area contributed by atoms with Gasteiger partial charge in [0.15, 0.2) is 5.96 Å². The van der Waals surface area contributed by atoms with Crippen LogP contribution in [0.1, 0.15) is 37.8 Å². The van der Waals surface area contributed by atoms with Crippen molar-refractivity contribution in [1.82, 2.24) is 15.5 Å². The van der Waals surface area contributed by atoms with Crippen molar-refractivity contribution in [3.63, 3.8) is 0 Å². The lowest BCUT2D eigenvalue weighted by atomic mass is 9.85. The summed E-state index contributed by atoms with van der Waals surface area (Å²) < 4.78 is 22.5. The number of guanidine groups is 1. The Morgan fingerprint density at radius 3 is 2.82 bits per heavy atom. The Kier molecular flexibility index (Phi) is 9.05. The molecule has 2 N–H and O–H groups in total. The molecule has 2 unspecified atom stereocenters. The van der Waals surface area contributed by atoms with E-state index in [4.69, 9.17) is 16.6 Å². The average molecular weight is 429 g/mol. The lowest BCUT2D eigenvalue weighted by Gasteiger charge is -2.39. The van der Waals surface area contributed by atoms with Crippen molar-refractivity contribution in [3.8, 4) is 0 Å². The van der Waals surface area contributed by atoms with E-state index in [1.807, 2.05) is 19.1 Å². The van der Waals surface area contributed by atoms with Crippen LogP contribution in [0.2, 0.25) is 5.02 Å². The van der Waals surface area contributed by atoms with E-state index < -0.39 is 9.84 Å². The van der Waals surface area contributed by atoms with Gasteiger partial charge in [-0.15, -0.1) is 0 Å². The Balaban J connectivity index is 2.03. The zero-order chi connectivity index (χ0) is 20.6. The van der Waals surface area contributed by atoms with Crippen LogP contribution in [0.3, 0.4) is 0 Å². The maximum absolute atomic E-state index is 11.3. The SMILES string of the molecule is CCNC(=NCC1CCCN(C)C1c1cccc(Cl)c1)NCCCS(C)(=O)=O. The van der Waals surface area contributed by atoms with E-state index in [0.717, 1.165) is 36.9 Å². The Bertz CT molecular complexity index is 754. The van der Waals surface area contributed by atoms with Gasteiger partial charge in [-0.2, -0.15) is 0 Å². The predicted molar refractivity (Wildman–Crippen MR) is 118 cm³/mol. The number of rotatable bonds is 8. The first kappa shape index (κ1) is 23.0. The van der Waals surface area contributed by atoms with Crippen LogP contribution in [-0.2, 0) is 9.84 Å². The summed E-state index contributed by atoms with van der Waals surface area (Å²) in [4.78, 5) is 7.18. The summed E-state index contributed by atoms with van der Waals surface area (Å²) in [5.74, 6) is 1.33. The Labute approximate surface area is 174 Å². The Hall–Kier alpha value is -1.31. The van der Waals surface area contributed by atoms with Crippen LogP contribution in [0.4, 0.5) is 0 Å². The molecule has 6 nitrogen and oxygen atoms in total. The fraction of sp³-hybridized carbons (Fsp3) is 0.650. The summed E-state index contributed by atoms with van der Waals surface area (Å²) >= 11 is 6.22. The molecule has 1 saturated heterocycles. The number of sulfone groups is 1. The van der Waals surface area contributed by atoms with E-state index in [2.05, 4.69) is 34.7 Å². The van der Waals surface area contributed by atoms with Gasteiger partial charge < -0.3 is 10.6 Å². The first-order valence-corrected chi connectivity index (χ1v) is 12.4. The highest BCUT2D eigenvalue weighted by molar-refractivity contribution is 7.90. The first-order valence-electron chi connectivity index (χ1n) is 9.95. The van der Waals surface area contributed by atoms with Gasteiger partial charge in [0.2, 0.25) is 0 Å². The van der Waals surface area contributed by atoms with Crippen molar-refractivity contribution in [1.29, 1.82) is 0 Å². The molecule has 0 amide bonds.